The number of carbonyl (C=O) groups excluding carboxylic acids is 2. The van der Waals surface area contributed by atoms with E-state index in [9.17, 15) is 9.59 Å². The Balaban J connectivity index is 2.29. The molecule has 2 aromatic carbocycles. The average molecular weight is 459 g/mol. The van der Waals surface area contributed by atoms with Gasteiger partial charge in [-0.15, -0.1) is 0 Å². The minimum absolute atomic E-state index is 0.116. The zero-order chi connectivity index (χ0) is 19.1. The van der Waals surface area contributed by atoms with E-state index >= 15 is 0 Å². The predicted octanol–water partition coefficient (Wildman–Crippen LogP) is 5.03. The van der Waals surface area contributed by atoms with Crippen LogP contribution >= 0.6 is 39.1 Å². The number of ketones is 1. The maximum Gasteiger partial charge on any atom is 0.362 e. The van der Waals surface area contributed by atoms with Crippen LogP contribution < -0.4 is 5.43 Å². The summed E-state index contributed by atoms with van der Waals surface area (Å²) in [5.41, 5.74) is 3.36. The zero-order valence-corrected chi connectivity index (χ0v) is 16.8. The third-order valence-electron chi connectivity index (χ3n) is 3.26. The number of rotatable bonds is 7. The number of hydrogen-bond donors (Lipinski definition) is 1. The highest BCUT2D eigenvalue weighted by Gasteiger charge is 2.29. The monoisotopic (exact) mass is 457 g/mol. The van der Waals surface area contributed by atoms with Crippen LogP contribution in [-0.4, -0.2) is 24.1 Å². The van der Waals surface area contributed by atoms with E-state index in [2.05, 4.69) is 26.5 Å². The van der Waals surface area contributed by atoms with Gasteiger partial charge in [0.1, 0.15) is 4.83 Å². The number of anilines is 1. The first kappa shape index (κ1) is 20.4. The quantitative estimate of drug-likeness (QED) is 0.158. The first-order chi connectivity index (χ1) is 12.4. The molecular formula is C18H15BrCl2N2O3. The van der Waals surface area contributed by atoms with Crippen molar-refractivity contribution in [1.29, 1.82) is 0 Å². The van der Waals surface area contributed by atoms with Crippen molar-refractivity contribution in [3.63, 3.8) is 0 Å². The number of benzene rings is 2. The Labute approximate surface area is 169 Å². The number of nitrogens with one attached hydrogen (secondary N) is 1. The fourth-order valence-corrected chi connectivity index (χ4v) is 2.80. The molecule has 0 saturated heterocycles. The molecule has 8 heteroatoms. The lowest BCUT2D eigenvalue weighted by molar-refractivity contribution is -0.135. The van der Waals surface area contributed by atoms with Gasteiger partial charge >= 0.3 is 5.97 Å². The third-order valence-corrected chi connectivity index (χ3v) is 4.78. The molecule has 0 aliphatic rings. The van der Waals surface area contributed by atoms with Gasteiger partial charge in [-0.1, -0.05) is 63.4 Å². The smallest absolute Gasteiger partial charge is 0.362 e. The molecule has 0 fully saturated rings. The van der Waals surface area contributed by atoms with E-state index in [1.807, 2.05) is 0 Å². The summed E-state index contributed by atoms with van der Waals surface area (Å²) in [4.78, 5) is 24.2. The van der Waals surface area contributed by atoms with E-state index in [1.54, 1.807) is 55.5 Å². The summed E-state index contributed by atoms with van der Waals surface area (Å²) in [5.74, 6) is -1.37. The number of halogens is 3. The first-order valence-electron chi connectivity index (χ1n) is 7.63. The van der Waals surface area contributed by atoms with Crippen molar-refractivity contribution in [3.8, 4) is 0 Å². The van der Waals surface area contributed by atoms with Crippen molar-refractivity contribution in [2.24, 2.45) is 5.10 Å². The summed E-state index contributed by atoms with van der Waals surface area (Å²) in [6.07, 6.45) is 0. The van der Waals surface area contributed by atoms with Gasteiger partial charge in [0.15, 0.2) is 0 Å². The van der Waals surface area contributed by atoms with Gasteiger partial charge < -0.3 is 4.74 Å². The van der Waals surface area contributed by atoms with Crippen LogP contribution in [0.2, 0.25) is 10.0 Å². The van der Waals surface area contributed by atoms with E-state index in [0.29, 0.717) is 21.3 Å². The lowest BCUT2D eigenvalue weighted by atomic mass is 10.1. The Hall–Kier alpha value is -1.89. The highest BCUT2D eigenvalue weighted by atomic mass is 79.9. The number of alkyl halides is 1. The molecule has 0 amide bonds. The molecular weight excluding hydrogens is 444 g/mol. The molecule has 26 heavy (non-hydrogen) atoms. The number of Topliss-reactive ketones (excluding diaryl/α,β-unsaturated/α-hetero) is 1. The Morgan fingerprint density at radius 1 is 1.15 bits per heavy atom. The van der Waals surface area contributed by atoms with Gasteiger partial charge in [-0.2, -0.15) is 5.10 Å². The number of hydrogen-bond acceptors (Lipinski definition) is 5. The van der Waals surface area contributed by atoms with Crippen LogP contribution in [0.3, 0.4) is 0 Å². The van der Waals surface area contributed by atoms with Gasteiger partial charge in [-0.25, -0.2) is 4.79 Å². The fraction of sp³-hybridized carbons (Fsp3) is 0.167. The predicted molar refractivity (Wildman–Crippen MR) is 107 cm³/mol. The van der Waals surface area contributed by atoms with Gasteiger partial charge in [-0.05, 0) is 36.8 Å². The Morgan fingerprint density at radius 2 is 1.81 bits per heavy atom. The van der Waals surface area contributed by atoms with Crippen LogP contribution in [0.4, 0.5) is 5.69 Å². The molecule has 0 saturated carbocycles. The summed E-state index contributed by atoms with van der Waals surface area (Å²) < 4.78 is 4.94. The van der Waals surface area contributed by atoms with Crippen molar-refractivity contribution in [2.75, 3.05) is 12.0 Å². The van der Waals surface area contributed by atoms with E-state index in [0.717, 1.165) is 0 Å². The van der Waals surface area contributed by atoms with Crippen molar-refractivity contribution >= 4 is 62.3 Å². The standard InChI is InChI=1S/C18H15BrCl2N2O3/c1-2-26-18(25)16(23-22-14-6-4-3-5-13(14)21)17(24)15(19)11-7-9-12(20)10-8-11/h3-10,15,22H,2H2,1H3/i18+1. The summed E-state index contributed by atoms with van der Waals surface area (Å²) in [7, 11) is 0. The maximum absolute atomic E-state index is 12.8. The van der Waals surface area contributed by atoms with Crippen molar-refractivity contribution < 1.29 is 14.3 Å². The molecule has 0 aliphatic carbocycles. The highest BCUT2D eigenvalue weighted by Crippen LogP contribution is 2.26. The Bertz CT molecular complexity index is 825. The van der Waals surface area contributed by atoms with E-state index in [1.165, 1.54) is 0 Å². The van der Waals surface area contributed by atoms with Crippen LogP contribution in [0.5, 0.6) is 0 Å². The molecule has 0 aliphatic heterocycles. The van der Waals surface area contributed by atoms with Crippen molar-refractivity contribution in [2.45, 2.75) is 11.8 Å². The molecule has 1 unspecified atom stereocenters. The minimum atomic E-state index is -0.824. The summed E-state index contributed by atoms with van der Waals surface area (Å²) in [6.45, 7) is 1.76. The second-order valence-corrected chi connectivity index (χ2v) is 6.81. The van der Waals surface area contributed by atoms with Gasteiger partial charge in [0, 0.05) is 5.02 Å². The second kappa shape index (κ2) is 9.71. The molecule has 1 atom stereocenters. The molecule has 0 aromatic heterocycles. The molecule has 136 valence electrons. The fourth-order valence-electron chi connectivity index (χ4n) is 1.97. The third kappa shape index (κ3) is 5.30. The maximum atomic E-state index is 12.8. The molecule has 0 bridgehead atoms. The average Bonchev–Trinajstić information content (AvgIpc) is 2.63. The Morgan fingerprint density at radius 3 is 2.42 bits per heavy atom. The van der Waals surface area contributed by atoms with E-state index in [-0.39, 0.29) is 12.3 Å². The van der Waals surface area contributed by atoms with E-state index in [4.69, 9.17) is 27.9 Å². The minimum Gasteiger partial charge on any atom is -0.461 e. The number of carbonyl (C=O) groups is 2. The lowest BCUT2D eigenvalue weighted by Crippen LogP contribution is -2.30. The van der Waals surface area contributed by atoms with Gasteiger partial charge in [0.2, 0.25) is 11.5 Å². The SMILES string of the molecule is CCO[13C](=O)C(=NNc1ccccc1Cl)C(=O)C(Br)c1ccc(Cl)cc1. The molecule has 0 spiro atoms. The van der Waals surface area contributed by atoms with Gasteiger partial charge in [-0.3, -0.25) is 10.2 Å². The molecule has 0 radical (unpaired) electrons. The highest BCUT2D eigenvalue weighted by molar-refractivity contribution is 9.09. The zero-order valence-electron chi connectivity index (χ0n) is 13.7. The largest absolute Gasteiger partial charge is 0.461 e. The normalized spacial score (nSPS) is 12.4. The number of hydrazone groups is 1. The van der Waals surface area contributed by atoms with Crippen LogP contribution in [0.1, 0.15) is 17.3 Å². The van der Waals surface area contributed by atoms with Gasteiger partial charge in [0.25, 0.3) is 0 Å². The first-order valence-corrected chi connectivity index (χ1v) is 9.30. The van der Waals surface area contributed by atoms with Crippen molar-refractivity contribution in [1.82, 2.24) is 0 Å². The number of para-hydroxylation sites is 1. The van der Waals surface area contributed by atoms with Crippen LogP contribution in [0.15, 0.2) is 53.6 Å². The lowest BCUT2D eigenvalue weighted by Gasteiger charge is -2.12. The second-order valence-electron chi connectivity index (χ2n) is 5.05. The summed E-state index contributed by atoms with van der Waals surface area (Å²) >= 11 is 15.2. The summed E-state index contributed by atoms with van der Waals surface area (Å²) in [6, 6.07) is 13.5. The number of nitrogens with zero attached hydrogens (tertiary/aromatic N) is 1. The Kier molecular flexibility index (Phi) is 7.63. The molecule has 0 heterocycles. The number of ether oxygens (including phenoxy) is 1. The van der Waals surface area contributed by atoms with E-state index < -0.39 is 16.6 Å². The topological polar surface area (TPSA) is 67.8 Å². The summed E-state index contributed by atoms with van der Waals surface area (Å²) in [5, 5.41) is 4.88. The molecule has 1 N–H and O–H groups in total. The molecule has 2 aromatic rings. The van der Waals surface area contributed by atoms with Crippen LogP contribution in [-0.2, 0) is 14.3 Å². The number of esters is 1. The molecule has 5 nitrogen and oxygen atoms in total. The van der Waals surface area contributed by atoms with Gasteiger partial charge in [0.05, 0.1) is 17.3 Å². The molecule has 2 rings (SSSR count). The van der Waals surface area contributed by atoms with Crippen molar-refractivity contribution in [3.05, 3.63) is 64.1 Å². The van der Waals surface area contributed by atoms with Crippen LogP contribution in [0.25, 0.3) is 0 Å². The van der Waals surface area contributed by atoms with Crippen LogP contribution in [0, 0.1) is 0 Å².